The minimum Gasteiger partial charge on any atom is -0.508 e. The summed E-state index contributed by atoms with van der Waals surface area (Å²) in [6.45, 7) is 1.47. The van der Waals surface area contributed by atoms with Crippen LogP contribution in [0.15, 0.2) is 48.5 Å². The summed E-state index contributed by atoms with van der Waals surface area (Å²) in [6.07, 6.45) is -6.84. The van der Waals surface area contributed by atoms with Gasteiger partial charge in [-0.15, -0.1) is 0 Å². The fourth-order valence-corrected chi connectivity index (χ4v) is 4.70. The Morgan fingerprint density at radius 3 is 2.43 bits per heavy atom. The Morgan fingerprint density at radius 2 is 1.77 bits per heavy atom. The Labute approximate surface area is 200 Å². The Hall–Kier alpha value is -2.86. The Balaban J connectivity index is 1.40. The lowest BCUT2D eigenvalue weighted by atomic mass is 10.0. The summed E-state index contributed by atoms with van der Waals surface area (Å²) in [6, 6.07) is 10.6. The van der Waals surface area contributed by atoms with E-state index >= 15 is 0 Å². The zero-order valence-electron chi connectivity index (χ0n) is 18.9. The highest BCUT2D eigenvalue weighted by molar-refractivity contribution is 5.94. The molecule has 35 heavy (non-hydrogen) atoms. The minimum absolute atomic E-state index is 0.0398. The number of aliphatic hydroxyl groups excluding tert-OH is 2. The number of hydrogen-bond acceptors (Lipinski definition) is 7. The van der Waals surface area contributed by atoms with E-state index in [2.05, 4.69) is 5.32 Å². The van der Waals surface area contributed by atoms with Gasteiger partial charge in [0, 0.05) is 44.0 Å². The number of phenols is 1. The van der Waals surface area contributed by atoms with E-state index in [1.807, 2.05) is 9.80 Å². The number of nitrogens with one attached hydrogen (secondary N) is 1. The molecule has 2 aromatic carbocycles. The predicted molar refractivity (Wildman–Crippen MR) is 121 cm³/mol. The molecular formula is C24H28F3N3O5. The van der Waals surface area contributed by atoms with E-state index in [4.69, 9.17) is 4.74 Å². The second kappa shape index (κ2) is 10.4. The molecule has 2 fully saturated rings. The van der Waals surface area contributed by atoms with Gasteiger partial charge in [0.05, 0.1) is 24.3 Å². The molecule has 0 bridgehead atoms. The molecule has 4 atom stereocenters. The van der Waals surface area contributed by atoms with E-state index in [9.17, 15) is 33.3 Å². The molecule has 11 heteroatoms. The average Bonchev–Trinajstić information content (AvgIpc) is 3.17. The molecule has 2 heterocycles. The summed E-state index contributed by atoms with van der Waals surface area (Å²) in [5.74, 6) is -0.457. The number of phenolic OH excluding ortho intramolecular Hbond substituents is 1. The van der Waals surface area contributed by atoms with Crippen LogP contribution in [0.5, 0.6) is 5.75 Å². The summed E-state index contributed by atoms with van der Waals surface area (Å²) in [7, 11) is 0. The van der Waals surface area contributed by atoms with Crippen LogP contribution in [0.2, 0.25) is 0 Å². The number of hydrogen-bond donors (Lipinski definition) is 4. The van der Waals surface area contributed by atoms with Crippen molar-refractivity contribution in [1.29, 1.82) is 0 Å². The monoisotopic (exact) mass is 495 g/mol. The van der Waals surface area contributed by atoms with Gasteiger partial charge >= 0.3 is 6.18 Å². The van der Waals surface area contributed by atoms with E-state index in [0.717, 1.165) is 12.1 Å². The van der Waals surface area contributed by atoms with Crippen LogP contribution in [-0.4, -0.2) is 89.8 Å². The third-order valence-electron chi connectivity index (χ3n) is 6.49. The molecule has 0 unspecified atom stereocenters. The van der Waals surface area contributed by atoms with Crippen molar-refractivity contribution >= 4 is 11.6 Å². The zero-order chi connectivity index (χ0) is 25.2. The maximum atomic E-state index is 13.1. The number of piperazine rings is 1. The van der Waals surface area contributed by atoms with Crippen LogP contribution in [0.3, 0.4) is 0 Å². The third kappa shape index (κ3) is 5.69. The number of anilines is 1. The van der Waals surface area contributed by atoms with E-state index in [1.165, 1.54) is 18.2 Å². The Kier molecular flexibility index (Phi) is 7.50. The number of aliphatic hydroxyl groups is 2. The molecule has 4 rings (SSSR count). The largest absolute Gasteiger partial charge is 0.508 e. The third-order valence-corrected chi connectivity index (χ3v) is 6.49. The van der Waals surface area contributed by atoms with Crippen LogP contribution in [0.1, 0.15) is 15.9 Å². The first kappa shape index (κ1) is 25.2. The first-order chi connectivity index (χ1) is 16.7. The Morgan fingerprint density at radius 1 is 1.06 bits per heavy atom. The quantitative estimate of drug-likeness (QED) is 0.481. The Bertz CT molecular complexity index is 1030. The van der Waals surface area contributed by atoms with Crippen molar-refractivity contribution in [3.8, 4) is 5.75 Å². The lowest BCUT2D eigenvalue weighted by molar-refractivity contribution is -0.137. The normalized spacial score (nSPS) is 25.6. The van der Waals surface area contributed by atoms with Crippen LogP contribution in [0.4, 0.5) is 18.9 Å². The van der Waals surface area contributed by atoms with Crippen molar-refractivity contribution in [2.75, 3.05) is 44.2 Å². The van der Waals surface area contributed by atoms with Crippen LogP contribution < -0.4 is 10.2 Å². The van der Waals surface area contributed by atoms with E-state index in [0.29, 0.717) is 31.9 Å². The molecule has 0 aliphatic carbocycles. The topological polar surface area (TPSA) is 106 Å². The number of rotatable bonds is 6. The number of aromatic hydroxyl groups is 1. The van der Waals surface area contributed by atoms with Gasteiger partial charge in [0.25, 0.3) is 5.91 Å². The molecule has 0 spiro atoms. The number of carbonyl (C=O) groups is 1. The fourth-order valence-electron chi connectivity index (χ4n) is 4.70. The molecule has 1 amide bonds. The van der Waals surface area contributed by atoms with Crippen LogP contribution in [-0.2, 0) is 10.9 Å². The summed E-state index contributed by atoms with van der Waals surface area (Å²) in [4.78, 5) is 16.3. The van der Waals surface area contributed by atoms with E-state index in [1.54, 1.807) is 18.2 Å². The van der Waals surface area contributed by atoms with Gasteiger partial charge in [-0.1, -0.05) is 12.1 Å². The second-order valence-corrected chi connectivity index (χ2v) is 8.71. The molecule has 190 valence electrons. The number of amides is 1. The number of carbonyl (C=O) groups excluding carboxylic acids is 1. The highest BCUT2D eigenvalue weighted by Crippen LogP contribution is 2.32. The maximum absolute atomic E-state index is 13.1. The van der Waals surface area contributed by atoms with Gasteiger partial charge in [0.2, 0.25) is 0 Å². The minimum atomic E-state index is -4.42. The van der Waals surface area contributed by atoms with Crippen molar-refractivity contribution in [2.24, 2.45) is 0 Å². The first-order valence-electron chi connectivity index (χ1n) is 11.4. The molecule has 2 aliphatic heterocycles. The molecule has 8 nitrogen and oxygen atoms in total. The molecule has 0 saturated carbocycles. The van der Waals surface area contributed by atoms with Crippen LogP contribution in [0, 0.1) is 0 Å². The van der Waals surface area contributed by atoms with Gasteiger partial charge in [-0.2, -0.15) is 13.2 Å². The zero-order valence-corrected chi connectivity index (χ0v) is 18.9. The summed E-state index contributed by atoms with van der Waals surface area (Å²) >= 11 is 0. The highest BCUT2D eigenvalue weighted by atomic mass is 19.4. The van der Waals surface area contributed by atoms with Gasteiger partial charge in [0.1, 0.15) is 18.0 Å². The van der Waals surface area contributed by atoms with E-state index < -0.39 is 48.6 Å². The fraction of sp³-hybridized carbons (Fsp3) is 0.458. The number of alkyl halides is 3. The van der Waals surface area contributed by atoms with Crippen molar-refractivity contribution in [3.05, 3.63) is 59.7 Å². The molecular weight excluding hydrogens is 467 g/mol. The summed E-state index contributed by atoms with van der Waals surface area (Å²) < 4.78 is 45.1. The predicted octanol–water partition coefficient (Wildman–Crippen LogP) is 1.45. The maximum Gasteiger partial charge on any atom is 0.416 e. The van der Waals surface area contributed by atoms with Crippen molar-refractivity contribution in [3.63, 3.8) is 0 Å². The van der Waals surface area contributed by atoms with Gasteiger partial charge in [-0.3, -0.25) is 9.69 Å². The molecule has 0 radical (unpaired) electrons. The van der Waals surface area contributed by atoms with Crippen molar-refractivity contribution in [1.82, 2.24) is 10.2 Å². The smallest absolute Gasteiger partial charge is 0.416 e. The number of halogens is 3. The molecule has 2 saturated heterocycles. The summed E-state index contributed by atoms with van der Waals surface area (Å²) in [5.41, 5.74) is 0.0461. The summed E-state index contributed by atoms with van der Waals surface area (Å²) in [5, 5.41) is 32.7. The molecule has 2 aromatic rings. The van der Waals surface area contributed by atoms with Gasteiger partial charge in [-0.25, -0.2) is 0 Å². The van der Waals surface area contributed by atoms with Crippen molar-refractivity contribution in [2.45, 2.75) is 30.5 Å². The lowest BCUT2D eigenvalue weighted by Gasteiger charge is -2.41. The molecule has 2 aliphatic rings. The highest BCUT2D eigenvalue weighted by Gasteiger charge is 2.46. The average molecular weight is 495 g/mol. The first-order valence-corrected chi connectivity index (χ1v) is 11.4. The number of benzene rings is 2. The van der Waals surface area contributed by atoms with Gasteiger partial charge in [-0.05, 0) is 36.4 Å². The van der Waals surface area contributed by atoms with Gasteiger partial charge < -0.3 is 30.3 Å². The van der Waals surface area contributed by atoms with Gasteiger partial charge in [0.15, 0.2) is 0 Å². The second-order valence-electron chi connectivity index (χ2n) is 8.71. The number of nitrogens with zero attached hydrogens (tertiary/aromatic N) is 2. The van der Waals surface area contributed by atoms with E-state index in [-0.39, 0.29) is 17.9 Å². The van der Waals surface area contributed by atoms with Crippen LogP contribution in [0.25, 0.3) is 0 Å². The van der Waals surface area contributed by atoms with Crippen molar-refractivity contribution < 1.29 is 38.0 Å². The van der Waals surface area contributed by atoms with Crippen LogP contribution >= 0.6 is 0 Å². The standard InChI is InChI=1S/C24H28F3N3O5/c25-24(26,27)16-4-2-5-17(12-16)29-7-9-30(10-8-29)21-19(35-20(14-31)22(21)33)13-28-23(34)15-3-1-6-18(32)11-15/h1-6,11-12,19-22,31-33H,7-10,13-14H2,(H,28,34)/t19-,20+,21+,22-/m1/s1. The lowest BCUT2D eigenvalue weighted by Crippen LogP contribution is -2.57. The molecule has 0 aromatic heterocycles. The molecule has 4 N–H and O–H groups in total. The number of ether oxygens (including phenoxy) is 1. The SMILES string of the molecule is O=C(NC[C@H]1O[C@@H](CO)[C@@H](O)[C@H]1N1CCN(c2cccc(C(F)(F)F)c2)CC1)c1cccc(O)c1.